The number of hydrogen-bond donors (Lipinski definition) is 1. The van der Waals surface area contributed by atoms with Crippen molar-refractivity contribution < 1.29 is 14.5 Å². The van der Waals surface area contributed by atoms with Crippen LogP contribution in [0, 0.1) is 10.1 Å². The number of carbonyl (C=O) groups is 1. The maximum Gasteiger partial charge on any atom is 0.285 e. The van der Waals surface area contributed by atoms with Crippen molar-refractivity contribution in [3.8, 4) is 5.75 Å². The number of methoxy groups -OCH3 is 1. The molecular weight excluding hydrogens is 330 g/mol. The zero-order valence-electron chi connectivity index (χ0n) is 13.5. The lowest BCUT2D eigenvalue weighted by atomic mass is 10.1. The minimum Gasteiger partial charge on any atom is -0.495 e. The number of carbonyl (C=O) groups excluding carboxylic acids is 1. The molecule has 8 heteroatoms. The van der Waals surface area contributed by atoms with Crippen molar-refractivity contribution in [1.82, 2.24) is 10.3 Å². The molecule has 0 bridgehead atoms. The standard InChI is InChI=1S/C16H17N3O4S/c1-10(12-6-4-5-7-17-12)18-16(20)11-8-15(24-3)14(23-2)9-13(11)19(21)22/h4-10H,1-3H3,(H,18,20)/t10-/m0/s1. The maximum absolute atomic E-state index is 12.5. The Morgan fingerprint density at radius 2 is 2.17 bits per heavy atom. The van der Waals surface area contributed by atoms with Crippen molar-refractivity contribution in [1.29, 1.82) is 0 Å². The molecule has 1 amide bonds. The normalized spacial score (nSPS) is 11.6. The van der Waals surface area contributed by atoms with Crippen LogP contribution in [0.1, 0.15) is 29.0 Å². The van der Waals surface area contributed by atoms with Crippen molar-refractivity contribution in [3.05, 3.63) is 57.9 Å². The Kier molecular flexibility index (Phi) is 5.75. The molecule has 0 fully saturated rings. The molecule has 2 rings (SSSR count). The topological polar surface area (TPSA) is 94.4 Å². The molecule has 1 heterocycles. The van der Waals surface area contributed by atoms with Crippen LogP contribution in [0.25, 0.3) is 0 Å². The number of ether oxygens (including phenoxy) is 1. The molecular formula is C16H17N3O4S. The number of rotatable bonds is 6. The molecule has 1 N–H and O–H groups in total. The van der Waals surface area contributed by atoms with E-state index in [0.29, 0.717) is 16.3 Å². The summed E-state index contributed by atoms with van der Waals surface area (Å²) >= 11 is 1.35. The molecule has 1 aromatic carbocycles. The quantitative estimate of drug-likeness (QED) is 0.490. The number of benzene rings is 1. The fourth-order valence-corrected chi connectivity index (χ4v) is 2.76. The van der Waals surface area contributed by atoms with Gasteiger partial charge in [0.15, 0.2) is 0 Å². The summed E-state index contributed by atoms with van der Waals surface area (Å²) in [5.41, 5.74) is 0.371. The third-order valence-corrected chi connectivity index (χ3v) is 4.18. The predicted molar refractivity (Wildman–Crippen MR) is 91.5 cm³/mol. The summed E-state index contributed by atoms with van der Waals surface area (Å²) in [5, 5.41) is 14.0. The smallest absolute Gasteiger partial charge is 0.285 e. The van der Waals surface area contributed by atoms with E-state index in [9.17, 15) is 14.9 Å². The molecule has 0 saturated carbocycles. The minimum absolute atomic E-state index is 0.00655. The molecule has 0 spiro atoms. The molecule has 2 aromatic rings. The van der Waals surface area contributed by atoms with E-state index in [1.54, 1.807) is 25.3 Å². The van der Waals surface area contributed by atoms with Gasteiger partial charge in [-0.05, 0) is 31.4 Å². The molecule has 0 radical (unpaired) electrons. The number of pyridine rings is 1. The molecule has 24 heavy (non-hydrogen) atoms. The second kappa shape index (κ2) is 7.78. The van der Waals surface area contributed by atoms with Gasteiger partial charge in [0.1, 0.15) is 11.3 Å². The van der Waals surface area contributed by atoms with Crippen LogP contribution in [0.15, 0.2) is 41.4 Å². The third kappa shape index (κ3) is 3.83. The summed E-state index contributed by atoms with van der Waals surface area (Å²) in [6.07, 6.45) is 3.43. The van der Waals surface area contributed by atoms with Gasteiger partial charge in [0.25, 0.3) is 11.6 Å². The van der Waals surface area contributed by atoms with Crippen LogP contribution in [0.2, 0.25) is 0 Å². The fraction of sp³-hybridized carbons (Fsp3) is 0.250. The van der Waals surface area contributed by atoms with Crippen LogP contribution >= 0.6 is 11.8 Å². The van der Waals surface area contributed by atoms with E-state index in [1.165, 1.54) is 31.0 Å². The third-order valence-electron chi connectivity index (χ3n) is 3.42. The first-order valence-electron chi connectivity index (χ1n) is 7.10. The number of nitrogens with one attached hydrogen (secondary N) is 1. The summed E-state index contributed by atoms with van der Waals surface area (Å²) in [4.78, 5) is 28.1. The first-order valence-corrected chi connectivity index (χ1v) is 8.32. The lowest BCUT2D eigenvalue weighted by molar-refractivity contribution is -0.385. The molecule has 1 atom stereocenters. The average Bonchev–Trinajstić information content (AvgIpc) is 2.60. The van der Waals surface area contributed by atoms with E-state index >= 15 is 0 Å². The Balaban J connectivity index is 2.35. The first kappa shape index (κ1) is 17.7. The Labute approximate surface area is 143 Å². The first-order chi connectivity index (χ1) is 11.5. The number of thioether (sulfide) groups is 1. The Morgan fingerprint density at radius 3 is 2.71 bits per heavy atom. The van der Waals surface area contributed by atoms with Crippen molar-refractivity contribution >= 4 is 23.4 Å². The van der Waals surface area contributed by atoms with Gasteiger partial charge in [0.05, 0.1) is 34.7 Å². The largest absolute Gasteiger partial charge is 0.495 e. The number of aromatic nitrogens is 1. The summed E-state index contributed by atoms with van der Waals surface area (Å²) < 4.78 is 5.15. The van der Waals surface area contributed by atoms with E-state index < -0.39 is 10.8 Å². The summed E-state index contributed by atoms with van der Waals surface area (Å²) in [7, 11) is 1.43. The number of nitrogens with zero attached hydrogens (tertiary/aromatic N) is 2. The van der Waals surface area contributed by atoms with E-state index in [2.05, 4.69) is 10.3 Å². The summed E-state index contributed by atoms with van der Waals surface area (Å²) in [6.45, 7) is 1.77. The number of hydrogen-bond acceptors (Lipinski definition) is 6. The molecule has 0 saturated heterocycles. The molecule has 0 aliphatic rings. The van der Waals surface area contributed by atoms with E-state index in [1.807, 2.05) is 12.3 Å². The fourth-order valence-electron chi connectivity index (χ4n) is 2.18. The predicted octanol–water partition coefficient (Wildman–Crippen LogP) is 3.21. The zero-order valence-corrected chi connectivity index (χ0v) is 14.3. The van der Waals surface area contributed by atoms with Crippen molar-refractivity contribution in [2.24, 2.45) is 0 Å². The SMILES string of the molecule is COc1cc([N+](=O)[O-])c(C(=O)N[C@@H](C)c2ccccn2)cc1SC. The lowest BCUT2D eigenvalue weighted by Gasteiger charge is -2.14. The second-order valence-electron chi connectivity index (χ2n) is 4.93. The van der Waals surface area contributed by atoms with Crippen LogP contribution in [-0.2, 0) is 0 Å². The van der Waals surface area contributed by atoms with Gasteiger partial charge >= 0.3 is 0 Å². The van der Waals surface area contributed by atoms with Gasteiger partial charge in [-0.25, -0.2) is 0 Å². The Hall–Kier alpha value is -2.61. The van der Waals surface area contributed by atoms with Crippen LogP contribution in [0.5, 0.6) is 5.75 Å². The average molecular weight is 347 g/mol. The molecule has 0 aliphatic heterocycles. The van der Waals surface area contributed by atoms with Crippen molar-refractivity contribution in [2.75, 3.05) is 13.4 Å². The highest BCUT2D eigenvalue weighted by molar-refractivity contribution is 7.98. The van der Waals surface area contributed by atoms with E-state index in [0.717, 1.165) is 0 Å². The monoisotopic (exact) mass is 347 g/mol. The molecule has 1 aromatic heterocycles. The molecule has 0 unspecified atom stereocenters. The van der Waals surface area contributed by atoms with Crippen molar-refractivity contribution in [3.63, 3.8) is 0 Å². The lowest BCUT2D eigenvalue weighted by Crippen LogP contribution is -2.27. The van der Waals surface area contributed by atoms with Gasteiger partial charge in [-0.15, -0.1) is 11.8 Å². The number of nitro benzene ring substituents is 1. The van der Waals surface area contributed by atoms with Gasteiger partial charge in [-0.3, -0.25) is 19.9 Å². The van der Waals surface area contributed by atoms with Crippen LogP contribution in [0.4, 0.5) is 5.69 Å². The molecule has 7 nitrogen and oxygen atoms in total. The second-order valence-corrected chi connectivity index (χ2v) is 5.78. The van der Waals surface area contributed by atoms with E-state index in [4.69, 9.17) is 4.74 Å². The Bertz CT molecular complexity index is 752. The van der Waals surface area contributed by atoms with Gasteiger partial charge in [-0.1, -0.05) is 6.07 Å². The van der Waals surface area contributed by atoms with Gasteiger partial charge in [0.2, 0.25) is 0 Å². The highest BCUT2D eigenvalue weighted by Gasteiger charge is 2.25. The van der Waals surface area contributed by atoms with E-state index in [-0.39, 0.29) is 17.3 Å². The molecule has 126 valence electrons. The highest BCUT2D eigenvalue weighted by atomic mass is 32.2. The number of amides is 1. The Morgan fingerprint density at radius 1 is 1.42 bits per heavy atom. The van der Waals surface area contributed by atoms with Gasteiger partial charge in [0, 0.05) is 6.20 Å². The summed E-state index contributed by atoms with van der Waals surface area (Å²) in [6, 6.07) is 7.73. The zero-order chi connectivity index (χ0) is 17.7. The minimum atomic E-state index is -0.590. The van der Waals surface area contributed by atoms with Gasteiger partial charge in [-0.2, -0.15) is 0 Å². The summed E-state index contributed by atoms with van der Waals surface area (Å²) in [5.74, 6) is -0.165. The maximum atomic E-state index is 12.5. The van der Waals surface area contributed by atoms with Crippen LogP contribution in [-0.4, -0.2) is 29.2 Å². The van der Waals surface area contributed by atoms with Crippen LogP contribution in [0.3, 0.4) is 0 Å². The number of nitro groups is 1. The highest BCUT2D eigenvalue weighted by Crippen LogP contribution is 2.34. The van der Waals surface area contributed by atoms with Crippen molar-refractivity contribution in [2.45, 2.75) is 17.9 Å². The van der Waals surface area contributed by atoms with Gasteiger partial charge < -0.3 is 10.1 Å². The molecule has 0 aliphatic carbocycles. The van der Waals surface area contributed by atoms with Crippen LogP contribution < -0.4 is 10.1 Å².